The normalized spacial score (nSPS) is 14.7. The van der Waals surface area contributed by atoms with E-state index in [1.54, 1.807) is 10.6 Å². The first-order valence-corrected chi connectivity index (χ1v) is 9.25. The average Bonchev–Trinajstić information content (AvgIpc) is 3.10. The number of aryl methyl sites for hydroxylation is 2. The molecule has 0 saturated carbocycles. The number of nitrogens with zero attached hydrogens (tertiary/aromatic N) is 5. The van der Waals surface area contributed by atoms with E-state index in [-0.39, 0.29) is 5.91 Å². The van der Waals surface area contributed by atoms with Crippen molar-refractivity contribution in [2.45, 2.75) is 20.3 Å². The lowest BCUT2D eigenvalue weighted by Gasteiger charge is -2.27. The summed E-state index contributed by atoms with van der Waals surface area (Å²) in [5.41, 5.74) is 3.30. The SMILES string of the molecule is Cc1nc2nc(-c3ccccc3Cl)nn2c(C)c1CC(=O)N1CCOCC1. The molecule has 140 valence electrons. The fourth-order valence-corrected chi connectivity index (χ4v) is 3.52. The highest BCUT2D eigenvalue weighted by Crippen LogP contribution is 2.26. The molecule has 0 N–H and O–H groups in total. The first-order valence-electron chi connectivity index (χ1n) is 8.88. The number of ether oxygens (including phenoxy) is 1. The number of rotatable bonds is 3. The lowest BCUT2D eigenvalue weighted by molar-refractivity contribution is -0.134. The van der Waals surface area contributed by atoms with E-state index in [0.29, 0.717) is 49.3 Å². The van der Waals surface area contributed by atoms with E-state index in [9.17, 15) is 4.79 Å². The molecule has 4 rings (SSSR count). The maximum absolute atomic E-state index is 12.7. The van der Waals surface area contributed by atoms with E-state index in [1.807, 2.05) is 36.9 Å². The van der Waals surface area contributed by atoms with Gasteiger partial charge in [-0.1, -0.05) is 23.7 Å². The minimum absolute atomic E-state index is 0.0806. The number of carbonyl (C=O) groups is 1. The highest BCUT2D eigenvalue weighted by molar-refractivity contribution is 6.33. The number of aromatic nitrogens is 4. The Morgan fingerprint density at radius 1 is 1.19 bits per heavy atom. The van der Waals surface area contributed by atoms with Crippen LogP contribution in [0.1, 0.15) is 17.0 Å². The Bertz CT molecular complexity index is 1010. The molecule has 0 atom stereocenters. The van der Waals surface area contributed by atoms with E-state index in [1.165, 1.54) is 0 Å². The number of benzene rings is 1. The molecule has 0 aliphatic carbocycles. The van der Waals surface area contributed by atoms with E-state index in [0.717, 1.165) is 22.5 Å². The molecule has 0 unspecified atom stereocenters. The van der Waals surface area contributed by atoms with E-state index >= 15 is 0 Å². The van der Waals surface area contributed by atoms with E-state index in [4.69, 9.17) is 16.3 Å². The van der Waals surface area contributed by atoms with Crippen LogP contribution in [-0.4, -0.2) is 56.7 Å². The average molecular weight is 386 g/mol. The Labute approximate surface area is 161 Å². The smallest absolute Gasteiger partial charge is 0.253 e. The number of hydrogen-bond acceptors (Lipinski definition) is 5. The Hall–Kier alpha value is -2.51. The first kappa shape index (κ1) is 17.9. The van der Waals surface area contributed by atoms with Gasteiger partial charge in [0.05, 0.1) is 24.7 Å². The van der Waals surface area contributed by atoms with Crippen molar-refractivity contribution in [3.8, 4) is 11.4 Å². The van der Waals surface area contributed by atoms with Crippen LogP contribution >= 0.6 is 11.6 Å². The van der Waals surface area contributed by atoms with Crippen LogP contribution in [0, 0.1) is 13.8 Å². The van der Waals surface area contributed by atoms with Crippen LogP contribution in [0.25, 0.3) is 17.2 Å². The van der Waals surface area contributed by atoms with Crippen LogP contribution in [0.2, 0.25) is 5.02 Å². The topological polar surface area (TPSA) is 72.6 Å². The Morgan fingerprint density at radius 3 is 2.67 bits per heavy atom. The summed E-state index contributed by atoms with van der Waals surface area (Å²) < 4.78 is 7.01. The molecular weight excluding hydrogens is 366 g/mol. The zero-order valence-corrected chi connectivity index (χ0v) is 16.0. The van der Waals surface area contributed by atoms with Gasteiger partial charge in [-0.2, -0.15) is 4.98 Å². The summed E-state index contributed by atoms with van der Waals surface area (Å²) in [7, 11) is 0. The van der Waals surface area contributed by atoms with Gasteiger partial charge >= 0.3 is 0 Å². The predicted octanol–water partition coefficient (Wildman–Crippen LogP) is 2.46. The fraction of sp³-hybridized carbons (Fsp3) is 0.368. The summed E-state index contributed by atoms with van der Waals surface area (Å²) in [4.78, 5) is 23.6. The quantitative estimate of drug-likeness (QED) is 0.692. The maximum atomic E-state index is 12.7. The molecule has 0 spiro atoms. The Balaban J connectivity index is 1.70. The van der Waals surface area contributed by atoms with Crippen molar-refractivity contribution in [1.29, 1.82) is 0 Å². The molecule has 1 fully saturated rings. The molecule has 1 aliphatic heterocycles. The summed E-state index contributed by atoms with van der Waals surface area (Å²) in [5, 5.41) is 5.17. The third-order valence-electron chi connectivity index (χ3n) is 4.86. The van der Waals surface area contributed by atoms with Crippen molar-refractivity contribution in [3.63, 3.8) is 0 Å². The maximum Gasteiger partial charge on any atom is 0.253 e. The molecule has 0 radical (unpaired) electrons. The van der Waals surface area contributed by atoms with Gasteiger partial charge in [-0.25, -0.2) is 9.50 Å². The second-order valence-electron chi connectivity index (χ2n) is 6.56. The van der Waals surface area contributed by atoms with Gasteiger partial charge in [0.1, 0.15) is 0 Å². The number of fused-ring (bicyclic) bond motifs is 1. The minimum Gasteiger partial charge on any atom is -0.378 e. The molecular formula is C19H20ClN5O2. The van der Waals surface area contributed by atoms with Crippen molar-refractivity contribution in [2.24, 2.45) is 0 Å². The lowest BCUT2D eigenvalue weighted by atomic mass is 10.1. The van der Waals surface area contributed by atoms with Crippen LogP contribution in [0.5, 0.6) is 0 Å². The zero-order chi connectivity index (χ0) is 19.0. The van der Waals surface area contributed by atoms with Gasteiger partial charge < -0.3 is 9.64 Å². The molecule has 1 amide bonds. The van der Waals surface area contributed by atoms with Gasteiger partial charge in [-0.05, 0) is 26.0 Å². The molecule has 0 bridgehead atoms. The Kier molecular flexibility index (Phi) is 4.80. The van der Waals surface area contributed by atoms with Crippen LogP contribution < -0.4 is 0 Å². The lowest BCUT2D eigenvalue weighted by Crippen LogP contribution is -2.41. The number of morpholine rings is 1. The summed E-state index contributed by atoms with van der Waals surface area (Å²) in [5.74, 6) is 1.10. The molecule has 1 aromatic carbocycles. The largest absolute Gasteiger partial charge is 0.378 e. The molecule has 2 aromatic heterocycles. The molecule has 27 heavy (non-hydrogen) atoms. The summed E-state index contributed by atoms with van der Waals surface area (Å²) >= 11 is 6.27. The van der Waals surface area contributed by atoms with Crippen molar-refractivity contribution in [1.82, 2.24) is 24.5 Å². The first-order chi connectivity index (χ1) is 13.0. The van der Waals surface area contributed by atoms with Crippen LogP contribution in [-0.2, 0) is 16.0 Å². The molecule has 1 saturated heterocycles. The van der Waals surface area contributed by atoms with Gasteiger partial charge in [0.15, 0.2) is 5.82 Å². The monoisotopic (exact) mass is 385 g/mol. The summed E-state index contributed by atoms with van der Waals surface area (Å²) in [6, 6.07) is 7.44. The molecule has 7 nitrogen and oxygen atoms in total. The van der Waals surface area contributed by atoms with Crippen LogP contribution in [0.15, 0.2) is 24.3 Å². The fourth-order valence-electron chi connectivity index (χ4n) is 3.30. The molecule has 8 heteroatoms. The van der Waals surface area contributed by atoms with Crippen LogP contribution in [0.4, 0.5) is 0 Å². The van der Waals surface area contributed by atoms with Gasteiger partial charge in [0.25, 0.3) is 5.78 Å². The second-order valence-corrected chi connectivity index (χ2v) is 6.97. The number of amides is 1. The van der Waals surface area contributed by atoms with E-state index < -0.39 is 0 Å². The third kappa shape index (κ3) is 3.40. The number of carbonyl (C=O) groups excluding carboxylic acids is 1. The number of halogens is 1. The van der Waals surface area contributed by atoms with E-state index in [2.05, 4.69) is 15.1 Å². The molecule has 3 heterocycles. The van der Waals surface area contributed by atoms with Crippen molar-refractivity contribution in [2.75, 3.05) is 26.3 Å². The zero-order valence-electron chi connectivity index (χ0n) is 15.3. The highest BCUT2D eigenvalue weighted by atomic mass is 35.5. The summed E-state index contributed by atoms with van der Waals surface area (Å²) in [6.07, 6.45) is 0.294. The van der Waals surface area contributed by atoms with Crippen molar-refractivity contribution < 1.29 is 9.53 Å². The highest BCUT2D eigenvalue weighted by Gasteiger charge is 2.21. The third-order valence-corrected chi connectivity index (χ3v) is 5.19. The van der Waals surface area contributed by atoms with Crippen molar-refractivity contribution >= 4 is 23.3 Å². The predicted molar refractivity (Wildman–Crippen MR) is 102 cm³/mol. The van der Waals surface area contributed by atoms with Crippen LogP contribution in [0.3, 0.4) is 0 Å². The van der Waals surface area contributed by atoms with Gasteiger partial charge in [0, 0.05) is 35.6 Å². The standard InChI is InChI=1S/C19H20ClN5O2/c1-12-15(11-17(26)24-7-9-27-10-8-24)13(2)25-19(21-12)22-18(23-25)14-5-3-4-6-16(14)20/h3-6H,7-11H2,1-2H3. The minimum atomic E-state index is 0.0806. The molecule has 1 aliphatic rings. The molecule has 3 aromatic rings. The van der Waals surface area contributed by atoms with Gasteiger partial charge in [-0.3, -0.25) is 4.79 Å². The second kappa shape index (κ2) is 7.25. The number of hydrogen-bond donors (Lipinski definition) is 0. The van der Waals surface area contributed by atoms with Crippen molar-refractivity contribution in [3.05, 3.63) is 46.2 Å². The Morgan fingerprint density at radius 2 is 1.93 bits per heavy atom. The summed E-state index contributed by atoms with van der Waals surface area (Å²) in [6.45, 7) is 6.28. The van der Waals surface area contributed by atoms with Gasteiger partial charge in [0.2, 0.25) is 5.91 Å². The van der Waals surface area contributed by atoms with Gasteiger partial charge in [-0.15, -0.1) is 5.10 Å².